The Labute approximate surface area is 195 Å². The molecule has 170 valence electrons. The van der Waals surface area contributed by atoms with Gasteiger partial charge in [-0.05, 0) is 67.0 Å². The second-order valence-electron chi connectivity index (χ2n) is 8.76. The Morgan fingerprint density at radius 1 is 0.594 bits per heavy atom. The molecule has 0 aliphatic heterocycles. The molecule has 3 rings (SSSR count). The van der Waals surface area contributed by atoms with Crippen LogP contribution in [0.4, 0.5) is 0 Å². The molecule has 0 N–H and O–H groups in total. The molecule has 0 unspecified atom stereocenters. The largest absolute Gasteiger partial charge is 0.494 e. The minimum absolute atomic E-state index is 0.780. The fourth-order valence-electron chi connectivity index (χ4n) is 3.96. The summed E-state index contributed by atoms with van der Waals surface area (Å²) in [6.45, 7) is 5.18. The molecule has 0 saturated heterocycles. The number of ether oxygens (including phenoxy) is 1. The van der Waals surface area contributed by atoms with E-state index in [0.29, 0.717) is 0 Å². The number of benzene rings is 2. The summed E-state index contributed by atoms with van der Waals surface area (Å²) < 4.78 is 5.67. The van der Waals surface area contributed by atoms with Crippen LogP contribution in [0.3, 0.4) is 0 Å². The van der Waals surface area contributed by atoms with Gasteiger partial charge in [0.05, 0.1) is 12.3 Å². The molecule has 3 aromatic rings. The highest BCUT2D eigenvalue weighted by Gasteiger charge is 2.02. The predicted molar refractivity (Wildman–Crippen MR) is 136 cm³/mol. The van der Waals surface area contributed by atoms with E-state index in [2.05, 4.69) is 80.7 Å². The Morgan fingerprint density at radius 3 is 1.84 bits per heavy atom. The molecule has 32 heavy (non-hydrogen) atoms. The second-order valence-corrected chi connectivity index (χ2v) is 8.76. The quantitative estimate of drug-likeness (QED) is 0.241. The predicted octanol–water partition coefficient (Wildman–Crippen LogP) is 8.23. The van der Waals surface area contributed by atoms with Gasteiger partial charge in [0.2, 0.25) is 0 Å². The Bertz CT molecular complexity index is 882. The van der Waals surface area contributed by atoms with E-state index in [1.54, 1.807) is 0 Å². The summed E-state index contributed by atoms with van der Waals surface area (Å²) in [5.74, 6) is 0.963. The van der Waals surface area contributed by atoms with Crippen molar-refractivity contribution in [3.8, 4) is 17.0 Å². The van der Waals surface area contributed by atoms with Gasteiger partial charge in [-0.15, -0.1) is 0 Å². The normalized spacial score (nSPS) is 10.9. The number of aromatic nitrogens is 1. The summed E-state index contributed by atoms with van der Waals surface area (Å²) in [6, 6.07) is 21.8. The van der Waals surface area contributed by atoms with Crippen molar-refractivity contribution >= 4 is 0 Å². The van der Waals surface area contributed by atoms with Gasteiger partial charge in [0.1, 0.15) is 5.75 Å². The number of rotatable bonds is 14. The minimum atomic E-state index is 0.780. The van der Waals surface area contributed by atoms with Crippen molar-refractivity contribution in [1.82, 2.24) is 4.98 Å². The molecule has 0 saturated carbocycles. The summed E-state index contributed by atoms with van der Waals surface area (Å²) in [7, 11) is 0. The molecule has 2 heteroatoms. The van der Waals surface area contributed by atoms with E-state index in [1.807, 2.05) is 0 Å². The van der Waals surface area contributed by atoms with Gasteiger partial charge >= 0.3 is 0 Å². The van der Waals surface area contributed by atoms with Gasteiger partial charge in [-0.2, -0.15) is 0 Å². The average molecular weight is 430 g/mol. The average Bonchev–Trinajstić information content (AvgIpc) is 2.85. The van der Waals surface area contributed by atoms with Crippen molar-refractivity contribution < 1.29 is 4.74 Å². The van der Waals surface area contributed by atoms with Gasteiger partial charge in [0.15, 0.2) is 0 Å². The Hall–Kier alpha value is -2.61. The number of nitrogens with zero attached hydrogens (tertiary/aromatic N) is 1. The van der Waals surface area contributed by atoms with Crippen LogP contribution in [0.5, 0.6) is 5.75 Å². The summed E-state index contributed by atoms with van der Waals surface area (Å²) in [5, 5.41) is 0. The van der Waals surface area contributed by atoms with Gasteiger partial charge < -0.3 is 4.74 Å². The highest BCUT2D eigenvalue weighted by Crippen LogP contribution is 2.20. The third-order valence-electron chi connectivity index (χ3n) is 5.99. The maximum atomic E-state index is 5.67. The first-order valence-electron chi connectivity index (χ1n) is 12.5. The van der Waals surface area contributed by atoms with Crippen LogP contribution in [0.1, 0.15) is 75.5 Å². The zero-order valence-corrected chi connectivity index (χ0v) is 20.0. The zero-order chi connectivity index (χ0) is 22.4. The van der Waals surface area contributed by atoms with Crippen LogP contribution < -0.4 is 4.74 Å². The van der Waals surface area contributed by atoms with Crippen molar-refractivity contribution in [2.45, 2.75) is 78.1 Å². The fraction of sp³-hybridized carbons (Fsp3) is 0.433. The van der Waals surface area contributed by atoms with E-state index in [-0.39, 0.29) is 0 Å². The summed E-state index contributed by atoms with van der Waals surface area (Å²) in [5.41, 5.74) is 6.32. The third kappa shape index (κ3) is 8.15. The van der Waals surface area contributed by atoms with Gasteiger partial charge in [-0.1, -0.05) is 88.4 Å². The molecule has 0 bridgehead atoms. The highest BCUT2D eigenvalue weighted by molar-refractivity contribution is 5.59. The molecule has 2 aromatic carbocycles. The van der Waals surface area contributed by atoms with Crippen molar-refractivity contribution in [1.29, 1.82) is 0 Å². The topological polar surface area (TPSA) is 22.1 Å². The van der Waals surface area contributed by atoms with Crippen LogP contribution >= 0.6 is 0 Å². The molecule has 0 amide bonds. The van der Waals surface area contributed by atoms with E-state index in [1.165, 1.54) is 60.8 Å². The van der Waals surface area contributed by atoms with Crippen molar-refractivity contribution in [3.63, 3.8) is 0 Å². The first-order chi connectivity index (χ1) is 15.8. The van der Waals surface area contributed by atoms with Gasteiger partial charge in [-0.25, -0.2) is 0 Å². The monoisotopic (exact) mass is 429 g/mol. The molecule has 0 spiro atoms. The molecule has 1 aromatic heterocycles. The van der Waals surface area contributed by atoms with Crippen LogP contribution in [0.15, 0.2) is 66.9 Å². The number of unbranched alkanes of at least 4 members (excludes halogenated alkanes) is 5. The lowest BCUT2D eigenvalue weighted by Crippen LogP contribution is -1.96. The summed E-state index contributed by atoms with van der Waals surface area (Å²) in [4.78, 5) is 4.72. The Morgan fingerprint density at radius 2 is 1.22 bits per heavy atom. The molecular formula is C30H39NO. The van der Waals surface area contributed by atoms with Gasteiger partial charge in [0.25, 0.3) is 0 Å². The van der Waals surface area contributed by atoms with Crippen LogP contribution in [-0.4, -0.2) is 11.6 Å². The maximum absolute atomic E-state index is 5.67. The smallest absolute Gasteiger partial charge is 0.119 e. The van der Waals surface area contributed by atoms with E-state index < -0.39 is 0 Å². The maximum Gasteiger partial charge on any atom is 0.119 e. The van der Waals surface area contributed by atoms with Gasteiger partial charge in [0, 0.05) is 11.8 Å². The molecule has 0 aliphatic carbocycles. The molecule has 0 atom stereocenters. The fourth-order valence-corrected chi connectivity index (χ4v) is 3.96. The molecule has 2 nitrogen and oxygen atoms in total. The van der Waals surface area contributed by atoms with Crippen molar-refractivity contribution in [2.24, 2.45) is 0 Å². The molecule has 0 fully saturated rings. The summed E-state index contributed by atoms with van der Waals surface area (Å²) in [6.07, 6.45) is 14.4. The van der Waals surface area contributed by atoms with Gasteiger partial charge in [-0.3, -0.25) is 4.98 Å². The Kier molecular flexibility index (Phi) is 10.3. The van der Waals surface area contributed by atoms with E-state index >= 15 is 0 Å². The lowest BCUT2D eigenvalue weighted by Gasteiger charge is -2.07. The number of aryl methyl sites for hydroxylation is 3. The molecule has 0 aliphatic rings. The zero-order valence-electron chi connectivity index (χ0n) is 20.0. The van der Waals surface area contributed by atoms with E-state index in [0.717, 1.165) is 43.7 Å². The number of hydrogen-bond acceptors (Lipinski definition) is 2. The number of pyridine rings is 1. The Balaban J connectivity index is 1.44. The lowest BCUT2D eigenvalue weighted by molar-refractivity contribution is 0.317. The first kappa shape index (κ1) is 24.0. The van der Waals surface area contributed by atoms with Crippen LogP contribution in [0, 0.1) is 0 Å². The van der Waals surface area contributed by atoms with E-state index in [4.69, 9.17) is 9.72 Å². The molecule has 0 radical (unpaired) electrons. The molecular weight excluding hydrogens is 390 g/mol. The standard InChI is InChI=1S/C30H39NO/c1-3-5-6-7-8-9-10-27-17-22-30(31-24-27)28-18-13-25(14-19-28)11-12-26-15-20-29(21-16-26)32-23-4-2/h13-22,24H,3-12,23H2,1-2H3. The first-order valence-corrected chi connectivity index (χ1v) is 12.5. The lowest BCUT2D eigenvalue weighted by atomic mass is 10.0. The molecule has 1 heterocycles. The van der Waals surface area contributed by atoms with Crippen LogP contribution in [0.2, 0.25) is 0 Å². The van der Waals surface area contributed by atoms with Crippen molar-refractivity contribution in [3.05, 3.63) is 83.6 Å². The third-order valence-corrected chi connectivity index (χ3v) is 5.99. The highest BCUT2D eigenvalue weighted by atomic mass is 16.5. The second kappa shape index (κ2) is 13.7. The SMILES string of the molecule is CCCCCCCCc1ccc(-c2ccc(CCc3ccc(OCCC)cc3)cc2)nc1. The number of hydrogen-bond donors (Lipinski definition) is 0. The minimum Gasteiger partial charge on any atom is -0.494 e. The van der Waals surface area contributed by atoms with E-state index in [9.17, 15) is 0 Å². The summed E-state index contributed by atoms with van der Waals surface area (Å²) >= 11 is 0. The van der Waals surface area contributed by atoms with Crippen LogP contribution in [-0.2, 0) is 19.3 Å². The van der Waals surface area contributed by atoms with Crippen molar-refractivity contribution in [2.75, 3.05) is 6.61 Å². The van der Waals surface area contributed by atoms with Crippen LogP contribution in [0.25, 0.3) is 11.3 Å².